The topological polar surface area (TPSA) is 50.9 Å². The summed E-state index contributed by atoms with van der Waals surface area (Å²) in [6, 6.07) is 6.62. The highest BCUT2D eigenvalue weighted by molar-refractivity contribution is 9.10. The number of halogens is 2. The zero-order valence-electron chi connectivity index (χ0n) is 9.17. The van der Waals surface area contributed by atoms with Gasteiger partial charge in [0.2, 0.25) is 0 Å². The van der Waals surface area contributed by atoms with Crippen LogP contribution in [0.4, 0.5) is 21.6 Å². The Labute approximate surface area is 107 Å². The van der Waals surface area contributed by atoms with Gasteiger partial charge in [-0.15, -0.1) is 0 Å². The Bertz CT molecular complexity index is 508. The van der Waals surface area contributed by atoms with Crippen molar-refractivity contribution in [3.63, 3.8) is 0 Å². The zero-order valence-corrected chi connectivity index (χ0v) is 10.8. The minimum atomic E-state index is -0.317. The number of nitrogens with two attached hydrogens (primary N) is 1. The van der Waals surface area contributed by atoms with Gasteiger partial charge >= 0.3 is 0 Å². The predicted molar refractivity (Wildman–Crippen MR) is 70.8 cm³/mol. The minimum Gasteiger partial charge on any atom is -0.397 e. The molecule has 0 fully saturated rings. The quantitative estimate of drug-likeness (QED) is 0.890. The number of nitrogen functional groups attached to an aromatic ring is 1. The fraction of sp³-hybridized carbons (Fsp3) is 0.0833. The van der Waals surface area contributed by atoms with Crippen LogP contribution in [-0.4, -0.2) is 4.98 Å². The van der Waals surface area contributed by atoms with E-state index in [1.54, 1.807) is 18.3 Å². The molecule has 0 aliphatic rings. The van der Waals surface area contributed by atoms with Crippen LogP contribution in [0.1, 0.15) is 5.56 Å². The molecular weight excluding hydrogens is 285 g/mol. The summed E-state index contributed by atoms with van der Waals surface area (Å²) in [6.07, 6.45) is 1.58. The third-order valence-corrected chi connectivity index (χ3v) is 2.99. The Morgan fingerprint density at radius 3 is 2.76 bits per heavy atom. The summed E-state index contributed by atoms with van der Waals surface area (Å²) >= 11 is 3.10. The third kappa shape index (κ3) is 2.74. The van der Waals surface area contributed by atoms with Gasteiger partial charge in [-0.1, -0.05) is 0 Å². The van der Waals surface area contributed by atoms with Crippen LogP contribution in [0.15, 0.2) is 34.9 Å². The molecule has 0 amide bonds. The number of hydrogen-bond acceptors (Lipinski definition) is 3. The number of hydrogen-bond donors (Lipinski definition) is 2. The second-order valence-electron chi connectivity index (χ2n) is 3.68. The van der Waals surface area contributed by atoms with Crippen LogP contribution in [0, 0.1) is 12.7 Å². The van der Waals surface area contributed by atoms with Crippen molar-refractivity contribution in [2.45, 2.75) is 6.92 Å². The highest BCUT2D eigenvalue weighted by atomic mass is 79.9. The van der Waals surface area contributed by atoms with Crippen LogP contribution in [-0.2, 0) is 0 Å². The molecule has 2 aromatic rings. The largest absolute Gasteiger partial charge is 0.397 e. The molecule has 1 aromatic carbocycles. The zero-order chi connectivity index (χ0) is 12.4. The van der Waals surface area contributed by atoms with Crippen LogP contribution in [0.3, 0.4) is 0 Å². The first-order chi connectivity index (χ1) is 8.06. The lowest BCUT2D eigenvalue weighted by Gasteiger charge is -2.08. The Morgan fingerprint density at radius 2 is 2.12 bits per heavy atom. The van der Waals surface area contributed by atoms with Gasteiger partial charge in [0, 0.05) is 5.69 Å². The summed E-state index contributed by atoms with van der Waals surface area (Å²) in [5, 5.41) is 3.01. The summed E-state index contributed by atoms with van der Waals surface area (Å²) in [6.45, 7) is 1.89. The molecule has 0 saturated carbocycles. The molecule has 3 N–H and O–H groups in total. The van der Waals surface area contributed by atoms with E-state index in [1.165, 1.54) is 6.07 Å². The monoisotopic (exact) mass is 295 g/mol. The molecule has 2 rings (SSSR count). The van der Waals surface area contributed by atoms with Crippen molar-refractivity contribution in [2.24, 2.45) is 0 Å². The number of nitrogens with one attached hydrogen (secondary N) is 1. The average molecular weight is 296 g/mol. The first-order valence-electron chi connectivity index (χ1n) is 5.00. The van der Waals surface area contributed by atoms with Gasteiger partial charge in [0.15, 0.2) is 0 Å². The molecule has 1 heterocycles. The Morgan fingerprint density at radius 1 is 1.35 bits per heavy atom. The fourth-order valence-corrected chi connectivity index (χ4v) is 1.60. The maximum atomic E-state index is 13.3. The SMILES string of the molecule is Cc1cc(Nc2ccc(Br)c(F)c2)ncc1N. The number of nitrogens with zero attached hydrogens (tertiary/aromatic N) is 1. The number of aromatic nitrogens is 1. The fourth-order valence-electron chi connectivity index (χ4n) is 1.36. The second-order valence-corrected chi connectivity index (χ2v) is 4.53. The minimum absolute atomic E-state index is 0.317. The van der Waals surface area contributed by atoms with Gasteiger partial charge in [0.1, 0.15) is 11.6 Å². The molecule has 1 aromatic heterocycles. The predicted octanol–water partition coefficient (Wildman–Crippen LogP) is 3.62. The number of pyridine rings is 1. The van der Waals surface area contributed by atoms with E-state index in [2.05, 4.69) is 26.2 Å². The van der Waals surface area contributed by atoms with Crippen molar-refractivity contribution in [1.29, 1.82) is 0 Å². The normalized spacial score (nSPS) is 10.3. The van der Waals surface area contributed by atoms with Crippen molar-refractivity contribution in [3.05, 3.63) is 46.3 Å². The Hall–Kier alpha value is -1.62. The van der Waals surface area contributed by atoms with E-state index in [0.717, 1.165) is 5.56 Å². The summed E-state index contributed by atoms with van der Waals surface area (Å²) in [5.41, 5.74) is 7.88. The van der Waals surface area contributed by atoms with Gasteiger partial charge in [-0.3, -0.25) is 0 Å². The van der Waals surface area contributed by atoms with Gasteiger partial charge in [-0.05, 0) is 52.7 Å². The van der Waals surface area contributed by atoms with E-state index in [1.807, 2.05) is 13.0 Å². The van der Waals surface area contributed by atoms with E-state index >= 15 is 0 Å². The molecule has 5 heteroatoms. The lowest BCUT2D eigenvalue weighted by molar-refractivity contribution is 0.622. The highest BCUT2D eigenvalue weighted by Crippen LogP contribution is 2.22. The number of aryl methyl sites for hydroxylation is 1. The maximum absolute atomic E-state index is 13.3. The van der Waals surface area contributed by atoms with Gasteiger partial charge in [0.05, 0.1) is 16.4 Å². The number of benzene rings is 1. The molecule has 88 valence electrons. The Kier molecular flexibility index (Phi) is 3.28. The number of anilines is 3. The van der Waals surface area contributed by atoms with E-state index < -0.39 is 0 Å². The van der Waals surface area contributed by atoms with Gasteiger partial charge in [-0.25, -0.2) is 9.37 Å². The summed E-state index contributed by atoms with van der Waals surface area (Å²) in [7, 11) is 0. The molecule has 0 unspecified atom stereocenters. The standard InChI is InChI=1S/C12H11BrFN3/c1-7-4-12(16-6-11(7)15)17-8-2-3-9(13)10(14)5-8/h2-6H,15H2,1H3,(H,16,17). The van der Waals surface area contributed by atoms with E-state index in [0.29, 0.717) is 21.7 Å². The molecule has 3 nitrogen and oxygen atoms in total. The van der Waals surface area contributed by atoms with Crippen LogP contribution in [0.5, 0.6) is 0 Å². The van der Waals surface area contributed by atoms with Crippen molar-refractivity contribution >= 4 is 33.1 Å². The van der Waals surface area contributed by atoms with E-state index in [-0.39, 0.29) is 5.82 Å². The summed E-state index contributed by atoms with van der Waals surface area (Å²) in [4.78, 5) is 4.12. The van der Waals surface area contributed by atoms with E-state index in [4.69, 9.17) is 5.73 Å². The van der Waals surface area contributed by atoms with Crippen molar-refractivity contribution in [2.75, 3.05) is 11.1 Å². The molecular formula is C12H11BrFN3. The molecule has 0 aliphatic heterocycles. The molecule has 0 spiro atoms. The van der Waals surface area contributed by atoms with Crippen molar-refractivity contribution in [3.8, 4) is 0 Å². The van der Waals surface area contributed by atoms with Crippen LogP contribution < -0.4 is 11.1 Å². The molecule has 0 aliphatic carbocycles. The lowest BCUT2D eigenvalue weighted by Crippen LogP contribution is -1.97. The molecule has 17 heavy (non-hydrogen) atoms. The van der Waals surface area contributed by atoms with Gasteiger partial charge in [0.25, 0.3) is 0 Å². The first kappa shape index (κ1) is 11.9. The Balaban J connectivity index is 2.25. The van der Waals surface area contributed by atoms with Crippen molar-refractivity contribution < 1.29 is 4.39 Å². The van der Waals surface area contributed by atoms with Crippen molar-refractivity contribution in [1.82, 2.24) is 4.98 Å². The third-order valence-electron chi connectivity index (χ3n) is 2.34. The average Bonchev–Trinajstić information content (AvgIpc) is 2.29. The molecule has 0 bridgehead atoms. The summed E-state index contributed by atoms with van der Waals surface area (Å²) in [5.74, 6) is 0.320. The van der Waals surface area contributed by atoms with E-state index in [9.17, 15) is 4.39 Å². The first-order valence-corrected chi connectivity index (χ1v) is 5.80. The second kappa shape index (κ2) is 4.71. The van der Waals surface area contributed by atoms with Gasteiger partial charge < -0.3 is 11.1 Å². The molecule has 0 saturated heterocycles. The smallest absolute Gasteiger partial charge is 0.139 e. The molecule has 0 atom stereocenters. The highest BCUT2D eigenvalue weighted by Gasteiger charge is 2.02. The van der Waals surface area contributed by atoms with Crippen LogP contribution in [0.25, 0.3) is 0 Å². The van der Waals surface area contributed by atoms with Crippen LogP contribution >= 0.6 is 15.9 Å². The summed E-state index contributed by atoms with van der Waals surface area (Å²) < 4.78 is 13.7. The maximum Gasteiger partial charge on any atom is 0.139 e. The molecule has 0 radical (unpaired) electrons. The van der Waals surface area contributed by atoms with Gasteiger partial charge in [-0.2, -0.15) is 0 Å². The lowest BCUT2D eigenvalue weighted by atomic mass is 10.2. The number of rotatable bonds is 2. The van der Waals surface area contributed by atoms with Crippen LogP contribution in [0.2, 0.25) is 0 Å².